The van der Waals surface area contributed by atoms with Gasteiger partial charge in [0.05, 0.1) is 29.0 Å². The lowest BCUT2D eigenvalue weighted by Gasteiger charge is -2.38. The van der Waals surface area contributed by atoms with Gasteiger partial charge in [0.2, 0.25) is 5.91 Å². The number of fused-ring (bicyclic) bond motifs is 1. The Bertz CT molecular complexity index is 845. The first-order valence-electron chi connectivity index (χ1n) is 9.11. The van der Waals surface area contributed by atoms with Crippen molar-refractivity contribution < 1.29 is 9.53 Å². The lowest BCUT2D eigenvalue weighted by molar-refractivity contribution is -0.125. The summed E-state index contributed by atoms with van der Waals surface area (Å²) in [5, 5.41) is 3.10. The fourth-order valence-electron chi connectivity index (χ4n) is 3.77. The molecular weight excluding hydrogens is 328 g/mol. The van der Waals surface area contributed by atoms with Gasteiger partial charge in [-0.2, -0.15) is 0 Å². The number of nitrogens with one attached hydrogen (secondary N) is 2. The minimum absolute atomic E-state index is 0.0357. The van der Waals surface area contributed by atoms with Crippen LogP contribution in [-0.4, -0.2) is 33.7 Å². The molecular formula is C20H24N4O2. The third-order valence-corrected chi connectivity index (χ3v) is 5.26. The topological polar surface area (TPSA) is 71.9 Å². The summed E-state index contributed by atoms with van der Waals surface area (Å²) in [5.41, 5.74) is 1.69. The molecule has 1 aliphatic rings. The molecule has 1 saturated heterocycles. The van der Waals surface area contributed by atoms with Gasteiger partial charge in [0.1, 0.15) is 5.82 Å². The molecule has 4 rings (SSSR count). The Hall–Kier alpha value is -2.60. The maximum Gasteiger partial charge on any atom is 0.222 e. The SMILES string of the molecule is C[C@@H](NC(=O)CC1(n2cccc2)CCOCC1)c1nc2ccccc2[nH]1. The van der Waals surface area contributed by atoms with Crippen LogP contribution in [0, 0.1) is 0 Å². The number of H-pyrrole nitrogens is 1. The standard InChI is InChI=1S/C20H24N4O2/c1-15(19-22-16-6-2-3-7-17(16)23-19)21-18(25)14-20(8-12-26-13-9-20)24-10-4-5-11-24/h2-7,10-11,15H,8-9,12-14H2,1H3,(H,21,25)(H,22,23)/t15-/m1/s1. The third-order valence-electron chi connectivity index (χ3n) is 5.26. The quantitative estimate of drug-likeness (QED) is 0.741. The van der Waals surface area contributed by atoms with Gasteiger partial charge in [-0.25, -0.2) is 4.98 Å². The molecule has 6 nitrogen and oxygen atoms in total. The van der Waals surface area contributed by atoms with Crippen molar-refractivity contribution in [3.05, 3.63) is 54.6 Å². The average Bonchev–Trinajstić information content (AvgIpc) is 3.32. The predicted molar refractivity (Wildman–Crippen MR) is 99.7 cm³/mol. The second-order valence-electron chi connectivity index (χ2n) is 7.03. The van der Waals surface area contributed by atoms with E-state index in [2.05, 4.69) is 19.9 Å². The summed E-state index contributed by atoms with van der Waals surface area (Å²) >= 11 is 0. The van der Waals surface area contributed by atoms with Crippen LogP contribution >= 0.6 is 0 Å². The van der Waals surface area contributed by atoms with Crippen LogP contribution in [0.1, 0.15) is 38.1 Å². The van der Waals surface area contributed by atoms with E-state index in [1.165, 1.54) is 0 Å². The van der Waals surface area contributed by atoms with Gasteiger partial charge in [0, 0.05) is 25.6 Å². The van der Waals surface area contributed by atoms with E-state index in [4.69, 9.17) is 4.74 Å². The fraction of sp³-hybridized carbons (Fsp3) is 0.400. The molecule has 2 N–H and O–H groups in total. The molecule has 0 aliphatic carbocycles. The lowest BCUT2D eigenvalue weighted by Crippen LogP contribution is -2.43. The second-order valence-corrected chi connectivity index (χ2v) is 7.03. The van der Waals surface area contributed by atoms with Crippen molar-refractivity contribution >= 4 is 16.9 Å². The largest absolute Gasteiger partial charge is 0.381 e. The molecule has 0 spiro atoms. The van der Waals surface area contributed by atoms with Gasteiger partial charge in [0.25, 0.3) is 0 Å². The van der Waals surface area contributed by atoms with Crippen molar-refractivity contribution in [2.45, 2.75) is 37.8 Å². The zero-order valence-corrected chi connectivity index (χ0v) is 14.9. The van der Waals surface area contributed by atoms with Crippen molar-refractivity contribution in [2.24, 2.45) is 0 Å². The first-order chi connectivity index (χ1) is 12.7. The highest BCUT2D eigenvalue weighted by molar-refractivity contribution is 5.78. The van der Waals surface area contributed by atoms with Crippen LogP contribution in [0.25, 0.3) is 11.0 Å². The minimum atomic E-state index is -0.209. The molecule has 136 valence electrons. The molecule has 0 bridgehead atoms. The summed E-state index contributed by atoms with van der Waals surface area (Å²) in [4.78, 5) is 20.7. The molecule has 1 atom stereocenters. The van der Waals surface area contributed by atoms with Crippen LogP contribution in [0.2, 0.25) is 0 Å². The van der Waals surface area contributed by atoms with E-state index in [-0.39, 0.29) is 17.5 Å². The van der Waals surface area contributed by atoms with Crippen LogP contribution in [0.15, 0.2) is 48.8 Å². The van der Waals surface area contributed by atoms with Gasteiger partial charge in [-0.3, -0.25) is 4.79 Å². The van der Waals surface area contributed by atoms with Crippen molar-refractivity contribution in [1.29, 1.82) is 0 Å². The Kier molecular flexibility index (Phi) is 4.51. The summed E-state index contributed by atoms with van der Waals surface area (Å²) in [7, 11) is 0. The smallest absolute Gasteiger partial charge is 0.222 e. The molecule has 1 aliphatic heterocycles. The molecule has 1 aromatic carbocycles. The maximum atomic E-state index is 12.8. The minimum Gasteiger partial charge on any atom is -0.381 e. The molecule has 3 heterocycles. The van der Waals surface area contributed by atoms with Crippen LogP contribution in [0.4, 0.5) is 0 Å². The monoisotopic (exact) mass is 352 g/mol. The molecule has 0 saturated carbocycles. The van der Waals surface area contributed by atoms with Gasteiger partial charge in [-0.1, -0.05) is 12.1 Å². The zero-order valence-electron chi connectivity index (χ0n) is 14.9. The Morgan fingerprint density at radius 2 is 2.00 bits per heavy atom. The number of ether oxygens (including phenoxy) is 1. The maximum absolute atomic E-state index is 12.8. The van der Waals surface area contributed by atoms with E-state index in [9.17, 15) is 4.79 Å². The van der Waals surface area contributed by atoms with Crippen molar-refractivity contribution in [3.63, 3.8) is 0 Å². The van der Waals surface area contributed by atoms with Crippen LogP contribution in [-0.2, 0) is 15.1 Å². The third kappa shape index (κ3) is 3.24. The van der Waals surface area contributed by atoms with E-state index in [1.54, 1.807) is 0 Å². The number of rotatable bonds is 5. The normalized spacial score (nSPS) is 17.9. The number of para-hydroxylation sites is 2. The average molecular weight is 352 g/mol. The number of benzene rings is 1. The van der Waals surface area contributed by atoms with Gasteiger partial charge in [-0.05, 0) is 44.0 Å². The van der Waals surface area contributed by atoms with E-state index in [0.717, 1.165) is 29.7 Å². The molecule has 1 amide bonds. The lowest BCUT2D eigenvalue weighted by atomic mass is 9.85. The van der Waals surface area contributed by atoms with Crippen molar-refractivity contribution in [2.75, 3.05) is 13.2 Å². The van der Waals surface area contributed by atoms with E-state index >= 15 is 0 Å². The van der Waals surface area contributed by atoms with Crippen molar-refractivity contribution in [3.8, 4) is 0 Å². The van der Waals surface area contributed by atoms with E-state index in [0.29, 0.717) is 19.6 Å². The Balaban J connectivity index is 1.48. The van der Waals surface area contributed by atoms with Gasteiger partial charge < -0.3 is 19.6 Å². The Morgan fingerprint density at radius 1 is 1.27 bits per heavy atom. The van der Waals surface area contributed by atoms with E-state index < -0.39 is 0 Å². The molecule has 6 heteroatoms. The van der Waals surface area contributed by atoms with Crippen LogP contribution in [0.3, 0.4) is 0 Å². The molecule has 26 heavy (non-hydrogen) atoms. The molecule has 3 aromatic rings. The first-order valence-corrected chi connectivity index (χ1v) is 9.11. The predicted octanol–water partition coefficient (Wildman–Crippen LogP) is 3.14. The highest BCUT2D eigenvalue weighted by Gasteiger charge is 2.36. The van der Waals surface area contributed by atoms with Crippen LogP contribution < -0.4 is 5.32 Å². The summed E-state index contributed by atoms with van der Waals surface area (Å²) in [6, 6.07) is 11.7. The summed E-state index contributed by atoms with van der Waals surface area (Å²) in [6.07, 6.45) is 6.21. The number of imidazole rings is 1. The Labute approximate surface area is 152 Å². The first kappa shape index (κ1) is 16.8. The number of hydrogen-bond acceptors (Lipinski definition) is 3. The van der Waals surface area contributed by atoms with Crippen LogP contribution in [0.5, 0.6) is 0 Å². The number of aromatic nitrogens is 3. The second kappa shape index (κ2) is 6.96. The fourth-order valence-corrected chi connectivity index (χ4v) is 3.77. The summed E-state index contributed by atoms with van der Waals surface area (Å²) in [5.74, 6) is 0.815. The zero-order chi connectivity index (χ0) is 18.0. The number of nitrogens with zero attached hydrogens (tertiary/aromatic N) is 2. The summed E-state index contributed by atoms with van der Waals surface area (Å²) < 4.78 is 7.70. The highest BCUT2D eigenvalue weighted by Crippen LogP contribution is 2.33. The van der Waals surface area contributed by atoms with Crippen molar-refractivity contribution in [1.82, 2.24) is 19.9 Å². The number of hydrogen-bond donors (Lipinski definition) is 2. The number of carbonyl (C=O) groups excluding carboxylic acids is 1. The molecule has 2 aromatic heterocycles. The summed E-state index contributed by atoms with van der Waals surface area (Å²) in [6.45, 7) is 3.33. The molecule has 0 radical (unpaired) electrons. The number of amides is 1. The number of carbonyl (C=O) groups is 1. The highest BCUT2D eigenvalue weighted by atomic mass is 16.5. The van der Waals surface area contributed by atoms with Gasteiger partial charge >= 0.3 is 0 Å². The molecule has 0 unspecified atom stereocenters. The molecule has 1 fully saturated rings. The number of aromatic amines is 1. The van der Waals surface area contributed by atoms with Gasteiger partial charge in [0.15, 0.2) is 0 Å². The van der Waals surface area contributed by atoms with Gasteiger partial charge in [-0.15, -0.1) is 0 Å². The Morgan fingerprint density at radius 3 is 2.73 bits per heavy atom. The van der Waals surface area contributed by atoms with E-state index in [1.807, 2.05) is 55.7 Å².